The van der Waals surface area contributed by atoms with Crippen LogP contribution in [0.15, 0.2) is 91.3 Å². The molecule has 1 N–H and O–H groups in total. The van der Waals surface area contributed by atoms with Crippen LogP contribution < -0.4 is 5.56 Å². The zero-order chi connectivity index (χ0) is 32.5. The molecule has 6 aromatic rings. The fraction of sp³-hybridized carbons (Fsp3) is 0.200. The molecule has 0 bridgehead atoms. The molecule has 0 fully saturated rings. The lowest BCUT2D eigenvalue weighted by Crippen LogP contribution is -2.20. The first-order chi connectivity index (χ1) is 22.3. The highest BCUT2D eigenvalue weighted by molar-refractivity contribution is 5.46. The highest BCUT2D eigenvalue weighted by Gasteiger charge is 2.15. The monoisotopic (exact) mass is 608 g/mol. The van der Waals surface area contributed by atoms with Gasteiger partial charge in [0.2, 0.25) is 11.9 Å². The number of aryl methyl sites for hydroxylation is 1. The average Bonchev–Trinajstić information content (AvgIpc) is 3.79. The van der Waals surface area contributed by atoms with E-state index in [1.54, 1.807) is 65.2 Å². The molecule has 0 aromatic carbocycles. The lowest BCUT2D eigenvalue weighted by Gasteiger charge is -2.13. The highest BCUT2D eigenvalue weighted by atomic mass is 16.1. The molecule has 6 rings (SSSR count). The second kappa shape index (κ2) is 14.5. The minimum Gasteiger partial charge on any atom is -0.292 e. The van der Waals surface area contributed by atoms with E-state index in [0.717, 1.165) is 28.1 Å². The van der Waals surface area contributed by atoms with Crippen LogP contribution in [0.5, 0.6) is 0 Å². The number of nitrogens with zero attached hydrogens (tertiary/aromatic N) is 9. The van der Waals surface area contributed by atoms with Crippen molar-refractivity contribution >= 4 is 0 Å². The number of aromatic amines is 1. The van der Waals surface area contributed by atoms with Crippen molar-refractivity contribution in [2.75, 3.05) is 0 Å². The van der Waals surface area contributed by atoms with Crippen molar-refractivity contribution in [3.8, 4) is 35.6 Å². The summed E-state index contributed by atoms with van der Waals surface area (Å²) in [6.07, 6.45) is 17.0. The van der Waals surface area contributed by atoms with Gasteiger partial charge < -0.3 is 0 Å². The minimum atomic E-state index is -0.186. The van der Waals surface area contributed by atoms with Crippen LogP contribution in [0, 0.1) is 30.6 Å². The van der Waals surface area contributed by atoms with E-state index in [1.165, 1.54) is 0 Å². The van der Waals surface area contributed by atoms with Crippen LogP contribution in [0.2, 0.25) is 0 Å². The molecule has 0 aliphatic heterocycles. The van der Waals surface area contributed by atoms with Gasteiger partial charge in [-0.15, -0.1) is 0 Å². The van der Waals surface area contributed by atoms with Gasteiger partial charge in [-0.25, -0.2) is 24.9 Å². The molecule has 0 saturated carbocycles. The smallest absolute Gasteiger partial charge is 0.257 e. The summed E-state index contributed by atoms with van der Waals surface area (Å²) in [6, 6.07) is 7.48. The Morgan fingerprint density at radius 3 is 1.74 bits per heavy atom. The first kappa shape index (κ1) is 31.2. The molecule has 46 heavy (non-hydrogen) atoms. The van der Waals surface area contributed by atoms with Crippen LogP contribution in [0.1, 0.15) is 78.9 Å². The number of hydrogen-bond donors (Lipinski definition) is 1. The van der Waals surface area contributed by atoms with E-state index >= 15 is 0 Å². The molecule has 228 valence electrons. The maximum Gasteiger partial charge on any atom is 0.257 e. The third-order valence-corrected chi connectivity index (χ3v) is 6.68. The Kier molecular flexibility index (Phi) is 9.86. The number of hydrogen-bond acceptors (Lipinski definition) is 8. The molecule has 0 aliphatic rings. The van der Waals surface area contributed by atoms with Crippen molar-refractivity contribution < 1.29 is 0 Å². The molecule has 0 spiro atoms. The second-order valence-electron chi connectivity index (χ2n) is 10.8. The minimum absolute atomic E-state index is 0.0151. The second-order valence-corrected chi connectivity index (χ2v) is 10.8. The van der Waals surface area contributed by atoms with Crippen molar-refractivity contribution in [1.82, 2.24) is 49.0 Å². The van der Waals surface area contributed by atoms with Crippen molar-refractivity contribution in [2.45, 2.75) is 46.5 Å². The standard InChI is InChI=1S/C18H17N5.C17H15N5O/c1-13(2)17-14(3)21-18(23-10-9-20-12-23)22-16(17)7-6-15-5-4-8-19-11-15;1-12(2)15-14(6-5-13-4-3-7-18-10-13)20-17(21-16(15)23)22-9-8-19-11-22/h4-5,8-13H,1-3H3;3-4,7-12H,1-2H3,(H,20,21,23). The SMILES string of the molecule is CC(C)c1c(C#Cc2cccnc2)nc(-n2ccnc2)[nH]c1=O.Cc1nc(-n2ccnc2)nc(C#Cc2cccnc2)c1C(C)C. The highest BCUT2D eigenvalue weighted by Crippen LogP contribution is 2.22. The first-order valence-corrected chi connectivity index (χ1v) is 14.6. The van der Waals surface area contributed by atoms with Crippen molar-refractivity contribution in [3.63, 3.8) is 0 Å². The van der Waals surface area contributed by atoms with Gasteiger partial charge >= 0.3 is 0 Å². The topological polar surface area (TPSA) is 133 Å². The van der Waals surface area contributed by atoms with E-state index in [2.05, 4.69) is 77.4 Å². The average molecular weight is 609 g/mol. The number of H-pyrrole nitrogens is 1. The van der Waals surface area contributed by atoms with E-state index in [9.17, 15) is 4.79 Å². The molecule has 11 nitrogen and oxygen atoms in total. The molecule has 0 radical (unpaired) electrons. The number of aromatic nitrogens is 10. The maximum atomic E-state index is 12.4. The van der Waals surface area contributed by atoms with Gasteiger partial charge in [-0.2, -0.15) is 0 Å². The Bertz CT molecular complexity index is 2080. The molecule has 0 unspecified atom stereocenters. The molecule has 6 aromatic heterocycles. The maximum absolute atomic E-state index is 12.4. The van der Waals surface area contributed by atoms with Gasteiger partial charge in [0.05, 0.1) is 5.56 Å². The van der Waals surface area contributed by atoms with Gasteiger partial charge in [0.15, 0.2) is 0 Å². The Morgan fingerprint density at radius 2 is 1.24 bits per heavy atom. The molecule has 6 heterocycles. The van der Waals surface area contributed by atoms with Crippen molar-refractivity contribution in [2.24, 2.45) is 0 Å². The first-order valence-electron chi connectivity index (χ1n) is 14.6. The predicted octanol–water partition coefficient (Wildman–Crippen LogP) is 4.76. The van der Waals surface area contributed by atoms with Crippen LogP contribution in [0.25, 0.3) is 11.9 Å². The Morgan fingerprint density at radius 1 is 0.674 bits per heavy atom. The van der Waals surface area contributed by atoms with Gasteiger partial charge in [0.25, 0.3) is 5.56 Å². The van der Waals surface area contributed by atoms with Gasteiger partial charge in [-0.3, -0.25) is 28.9 Å². The summed E-state index contributed by atoms with van der Waals surface area (Å²) in [7, 11) is 0. The van der Waals surface area contributed by atoms with E-state index in [0.29, 0.717) is 29.1 Å². The predicted molar refractivity (Wildman–Crippen MR) is 174 cm³/mol. The third-order valence-electron chi connectivity index (χ3n) is 6.68. The van der Waals surface area contributed by atoms with Gasteiger partial charge in [-0.05, 0) is 54.9 Å². The fourth-order valence-electron chi connectivity index (χ4n) is 4.59. The zero-order valence-electron chi connectivity index (χ0n) is 26.2. The van der Waals surface area contributed by atoms with Crippen LogP contribution in [-0.4, -0.2) is 49.0 Å². The summed E-state index contributed by atoms with van der Waals surface area (Å²) in [4.78, 5) is 45.0. The summed E-state index contributed by atoms with van der Waals surface area (Å²) in [5.41, 5.74) is 5.26. The number of nitrogens with one attached hydrogen (secondary N) is 1. The van der Waals surface area contributed by atoms with Crippen LogP contribution >= 0.6 is 0 Å². The normalized spacial score (nSPS) is 10.4. The summed E-state index contributed by atoms with van der Waals surface area (Å²) in [5, 5.41) is 0. The van der Waals surface area contributed by atoms with E-state index in [1.807, 2.05) is 51.2 Å². The van der Waals surface area contributed by atoms with Crippen LogP contribution in [0.3, 0.4) is 0 Å². The van der Waals surface area contributed by atoms with E-state index in [-0.39, 0.29) is 11.5 Å². The quantitative estimate of drug-likeness (QED) is 0.283. The number of pyridine rings is 2. The Balaban J connectivity index is 0.000000181. The number of rotatable bonds is 4. The molecule has 0 aliphatic carbocycles. The molecule has 0 amide bonds. The summed E-state index contributed by atoms with van der Waals surface area (Å²) in [5.74, 6) is 13.6. The molecule has 0 atom stereocenters. The van der Waals surface area contributed by atoms with Gasteiger partial charge in [0, 0.05) is 72.0 Å². The van der Waals surface area contributed by atoms with Crippen LogP contribution in [0.4, 0.5) is 0 Å². The largest absolute Gasteiger partial charge is 0.292 e. The van der Waals surface area contributed by atoms with Gasteiger partial charge in [-0.1, -0.05) is 39.5 Å². The lowest BCUT2D eigenvalue weighted by molar-refractivity contribution is 0.802. The van der Waals surface area contributed by atoms with Gasteiger partial charge in [0.1, 0.15) is 24.0 Å². The van der Waals surface area contributed by atoms with E-state index < -0.39 is 0 Å². The summed E-state index contributed by atoms with van der Waals surface area (Å²) >= 11 is 0. The molecule has 0 saturated heterocycles. The molecular formula is C35H32N10O. The van der Waals surface area contributed by atoms with Crippen molar-refractivity contribution in [1.29, 1.82) is 0 Å². The fourth-order valence-corrected chi connectivity index (χ4v) is 4.59. The lowest BCUT2D eigenvalue weighted by atomic mass is 9.99. The zero-order valence-corrected chi connectivity index (χ0v) is 26.2. The van der Waals surface area contributed by atoms with E-state index in [4.69, 9.17) is 0 Å². The summed E-state index contributed by atoms with van der Waals surface area (Å²) in [6.45, 7) is 10.1. The summed E-state index contributed by atoms with van der Waals surface area (Å²) < 4.78 is 3.42. The molecule has 11 heteroatoms. The third kappa shape index (κ3) is 7.65. The van der Waals surface area contributed by atoms with Crippen molar-refractivity contribution in [3.05, 3.63) is 136 Å². The Labute approximate surface area is 266 Å². The number of imidazole rings is 2. The van der Waals surface area contributed by atoms with Crippen LogP contribution in [-0.2, 0) is 0 Å². The molecular weight excluding hydrogens is 576 g/mol. The Hall–Kier alpha value is -6.20.